The molecule has 2 aromatic heterocycles. The predicted molar refractivity (Wildman–Crippen MR) is 110 cm³/mol. The molecule has 1 aromatic carbocycles. The number of carbonyl (C=O) groups excluding carboxylic acids is 1. The minimum atomic E-state index is -0.352. The summed E-state index contributed by atoms with van der Waals surface area (Å²) in [6, 6.07) is 13.6. The summed E-state index contributed by atoms with van der Waals surface area (Å²) in [6.45, 7) is 3.81. The molecule has 6 nitrogen and oxygen atoms in total. The van der Waals surface area contributed by atoms with E-state index < -0.39 is 0 Å². The molecule has 6 heteroatoms. The first-order valence-corrected chi connectivity index (χ1v) is 9.69. The Morgan fingerprint density at radius 1 is 1.11 bits per heavy atom. The van der Waals surface area contributed by atoms with Crippen molar-refractivity contribution in [2.45, 2.75) is 25.8 Å². The van der Waals surface area contributed by atoms with Crippen molar-refractivity contribution < 1.29 is 4.79 Å². The lowest BCUT2D eigenvalue weighted by Gasteiger charge is -2.26. The van der Waals surface area contributed by atoms with Gasteiger partial charge >= 0.3 is 0 Å². The summed E-state index contributed by atoms with van der Waals surface area (Å²) in [5, 5.41) is 7.71. The summed E-state index contributed by atoms with van der Waals surface area (Å²) in [5.41, 5.74) is 3.82. The van der Waals surface area contributed by atoms with Crippen molar-refractivity contribution in [2.75, 3.05) is 18.4 Å². The number of carbonyl (C=O) groups is 1. The van der Waals surface area contributed by atoms with E-state index in [2.05, 4.69) is 20.3 Å². The maximum Gasteiger partial charge on any atom is 0.247 e. The number of hydrogen-bond donors (Lipinski definition) is 1. The molecule has 0 aliphatic carbocycles. The summed E-state index contributed by atoms with van der Waals surface area (Å²) < 4.78 is 1.75. The van der Waals surface area contributed by atoms with Crippen LogP contribution in [0.15, 0.2) is 54.9 Å². The fourth-order valence-corrected chi connectivity index (χ4v) is 4.00. The van der Waals surface area contributed by atoms with Gasteiger partial charge in [-0.3, -0.25) is 19.4 Å². The second-order valence-electron chi connectivity index (χ2n) is 7.22. The summed E-state index contributed by atoms with van der Waals surface area (Å²) in [6.07, 6.45) is 5.75. The van der Waals surface area contributed by atoms with Gasteiger partial charge in [0, 0.05) is 25.0 Å². The first kappa shape index (κ1) is 18.4. The SMILES string of the molecule is Cc1nn(C)c(NC(=O)C(c2cccnc2)N2CCCC2)c1-c1ccccc1. The lowest BCUT2D eigenvalue weighted by molar-refractivity contribution is -0.121. The highest BCUT2D eigenvalue weighted by atomic mass is 16.2. The highest BCUT2D eigenvalue weighted by Crippen LogP contribution is 2.33. The number of aromatic nitrogens is 3. The Labute approximate surface area is 165 Å². The van der Waals surface area contributed by atoms with Crippen molar-refractivity contribution in [1.82, 2.24) is 19.7 Å². The number of anilines is 1. The van der Waals surface area contributed by atoms with Crippen molar-refractivity contribution in [3.8, 4) is 11.1 Å². The molecule has 0 radical (unpaired) electrons. The lowest BCUT2D eigenvalue weighted by atomic mass is 10.0. The van der Waals surface area contributed by atoms with E-state index in [1.807, 2.05) is 56.4 Å². The average Bonchev–Trinajstić information content (AvgIpc) is 3.32. The second kappa shape index (κ2) is 7.94. The third kappa shape index (κ3) is 3.55. The highest BCUT2D eigenvalue weighted by Gasteiger charge is 2.31. The molecular weight excluding hydrogens is 350 g/mol. The summed E-state index contributed by atoms with van der Waals surface area (Å²) in [5.74, 6) is 0.678. The average molecular weight is 375 g/mol. The van der Waals surface area contributed by atoms with Crippen LogP contribution >= 0.6 is 0 Å². The molecule has 1 amide bonds. The largest absolute Gasteiger partial charge is 0.309 e. The topological polar surface area (TPSA) is 63.1 Å². The van der Waals surface area contributed by atoms with E-state index in [9.17, 15) is 4.79 Å². The molecular formula is C22H25N5O. The number of aryl methyl sites for hydroxylation is 2. The van der Waals surface area contributed by atoms with Gasteiger partial charge in [0.2, 0.25) is 5.91 Å². The number of likely N-dealkylation sites (tertiary alicyclic amines) is 1. The second-order valence-corrected chi connectivity index (χ2v) is 7.22. The van der Waals surface area contributed by atoms with Gasteiger partial charge in [0.05, 0.1) is 5.69 Å². The van der Waals surface area contributed by atoms with Gasteiger partial charge in [-0.25, -0.2) is 0 Å². The monoisotopic (exact) mass is 375 g/mol. The summed E-state index contributed by atoms with van der Waals surface area (Å²) in [4.78, 5) is 19.9. The van der Waals surface area contributed by atoms with Gasteiger partial charge in [0.1, 0.15) is 11.9 Å². The van der Waals surface area contributed by atoms with E-state index in [1.54, 1.807) is 17.1 Å². The van der Waals surface area contributed by atoms with Crippen LogP contribution in [-0.2, 0) is 11.8 Å². The van der Waals surface area contributed by atoms with Gasteiger partial charge in [-0.2, -0.15) is 5.10 Å². The van der Waals surface area contributed by atoms with E-state index in [4.69, 9.17) is 0 Å². The van der Waals surface area contributed by atoms with Crippen LogP contribution in [0.2, 0.25) is 0 Å². The van der Waals surface area contributed by atoms with Crippen LogP contribution < -0.4 is 5.32 Å². The fourth-order valence-electron chi connectivity index (χ4n) is 4.00. The van der Waals surface area contributed by atoms with Gasteiger partial charge in [0.15, 0.2) is 0 Å². The van der Waals surface area contributed by atoms with Crippen molar-refractivity contribution in [3.63, 3.8) is 0 Å². The molecule has 1 fully saturated rings. The number of benzene rings is 1. The quantitative estimate of drug-likeness (QED) is 0.741. The van der Waals surface area contributed by atoms with Gasteiger partial charge in [-0.05, 0) is 50.0 Å². The lowest BCUT2D eigenvalue weighted by Crippen LogP contribution is -2.36. The molecule has 1 unspecified atom stereocenters. The Bertz CT molecular complexity index is 946. The zero-order valence-corrected chi connectivity index (χ0v) is 16.3. The van der Waals surface area contributed by atoms with E-state index in [0.29, 0.717) is 0 Å². The number of nitrogens with one attached hydrogen (secondary N) is 1. The molecule has 0 spiro atoms. The van der Waals surface area contributed by atoms with Gasteiger partial charge < -0.3 is 5.32 Å². The van der Waals surface area contributed by atoms with Crippen LogP contribution in [0.25, 0.3) is 11.1 Å². The number of rotatable bonds is 5. The smallest absolute Gasteiger partial charge is 0.247 e. The Morgan fingerprint density at radius 2 is 1.86 bits per heavy atom. The van der Waals surface area contributed by atoms with Gasteiger partial charge in [-0.1, -0.05) is 36.4 Å². The van der Waals surface area contributed by atoms with Crippen molar-refractivity contribution in [1.29, 1.82) is 0 Å². The standard InChI is InChI=1S/C22H25N5O/c1-16-19(17-9-4-3-5-10-17)21(26(2)25-16)24-22(28)20(27-13-6-7-14-27)18-11-8-12-23-15-18/h3-5,8-12,15,20H,6-7,13-14H2,1-2H3,(H,24,28). The normalized spacial score (nSPS) is 15.5. The third-order valence-corrected chi connectivity index (χ3v) is 5.28. The maximum atomic E-state index is 13.4. The molecule has 1 aliphatic rings. The number of nitrogens with zero attached hydrogens (tertiary/aromatic N) is 4. The molecule has 1 atom stereocenters. The molecule has 1 aliphatic heterocycles. The number of amides is 1. The molecule has 1 N–H and O–H groups in total. The van der Waals surface area contributed by atoms with Crippen LogP contribution in [0, 0.1) is 6.92 Å². The van der Waals surface area contributed by atoms with Gasteiger partial charge in [-0.15, -0.1) is 0 Å². The Kier molecular flexibility index (Phi) is 5.21. The fraction of sp³-hybridized carbons (Fsp3) is 0.318. The third-order valence-electron chi connectivity index (χ3n) is 5.28. The van der Waals surface area contributed by atoms with Crippen molar-refractivity contribution >= 4 is 11.7 Å². The van der Waals surface area contributed by atoms with E-state index in [0.717, 1.165) is 54.1 Å². The first-order valence-electron chi connectivity index (χ1n) is 9.69. The minimum Gasteiger partial charge on any atom is -0.309 e. The maximum absolute atomic E-state index is 13.4. The van der Waals surface area contributed by atoms with Crippen LogP contribution in [0.3, 0.4) is 0 Å². The van der Waals surface area contributed by atoms with Crippen molar-refractivity contribution in [2.24, 2.45) is 7.05 Å². The molecule has 0 bridgehead atoms. The Hall–Kier alpha value is -2.99. The first-order chi connectivity index (χ1) is 13.6. The molecule has 4 rings (SSSR count). The van der Waals surface area contributed by atoms with E-state index >= 15 is 0 Å². The van der Waals surface area contributed by atoms with Gasteiger partial charge in [0.25, 0.3) is 0 Å². The molecule has 3 aromatic rings. The Morgan fingerprint density at radius 3 is 2.54 bits per heavy atom. The zero-order valence-electron chi connectivity index (χ0n) is 16.3. The van der Waals surface area contributed by atoms with Crippen LogP contribution in [-0.4, -0.2) is 38.7 Å². The molecule has 3 heterocycles. The van der Waals surface area contributed by atoms with Crippen LogP contribution in [0.5, 0.6) is 0 Å². The predicted octanol–water partition coefficient (Wildman–Crippen LogP) is 3.57. The van der Waals surface area contributed by atoms with Crippen LogP contribution in [0.1, 0.15) is 30.1 Å². The highest BCUT2D eigenvalue weighted by molar-refractivity contribution is 5.98. The molecule has 144 valence electrons. The zero-order chi connectivity index (χ0) is 19.5. The van der Waals surface area contributed by atoms with E-state index in [1.165, 1.54) is 0 Å². The molecule has 1 saturated heterocycles. The number of hydrogen-bond acceptors (Lipinski definition) is 4. The minimum absolute atomic E-state index is 0.0462. The van der Waals surface area contributed by atoms with Crippen molar-refractivity contribution in [3.05, 3.63) is 66.1 Å². The number of pyridine rings is 1. The molecule has 28 heavy (non-hydrogen) atoms. The Balaban J connectivity index is 1.69. The summed E-state index contributed by atoms with van der Waals surface area (Å²) >= 11 is 0. The van der Waals surface area contributed by atoms with E-state index in [-0.39, 0.29) is 11.9 Å². The molecule has 0 saturated carbocycles. The van der Waals surface area contributed by atoms with Crippen LogP contribution in [0.4, 0.5) is 5.82 Å². The summed E-state index contributed by atoms with van der Waals surface area (Å²) in [7, 11) is 1.87.